The molecule has 1 saturated heterocycles. The molecule has 0 radical (unpaired) electrons. The molecule has 1 aliphatic heterocycles. The van der Waals surface area contributed by atoms with Crippen LogP contribution >= 0.6 is 0 Å². The maximum Gasteiger partial charge on any atom is 0.243 e. The number of amides is 1. The minimum Gasteiger partial charge on any atom is -0.493 e. The Morgan fingerprint density at radius 1 is 0.967 bits per heavy atom. The molecule has 0 aromatic heterocycles. The molecule has 1 atom stereocenters. The third kappa shape index (κ3) is 5.46. The Hall–Kier alpha value is -1.80. The van der Waals surface area contributed by atoms with Gasteiger partial charge >= 0.3 is 0 Å². The Morgan fingerprint density at radius 3 is 2.30 bits per heavy atom. The van der Waals surface area contributed by atoms with Crippen molar-refractivity contribution < 1.29 is 22.7 Å². The lowest BCUT2D eigenvalue weighted by molar-refractivity contribution is -0.126. The van der Waals surface area contributed by atoms with Crippen LogP contribution in [0.1, 0.15) is 57.8 Å². The number of carbonyl (C=O) groups excluding carboxylic acids is 1. The van der Waals surface area contributed by atoms with E-state index < -0.39 is 10.0 Å². The maximum absolute atomic E-state index is 13.2. The molecular formula is C22H34N2O5S. The zero-order valence-electron chi connectivity index (χ0n) is 18.1. The second-order valence-electron chi connectivity index (χ2n) is 8.27. The monoisotopic (exact) mass is 438 g/mol. The van der Waals surface area contributed by atoms with Crippen molar-refractivity contribution in [3.05, 3.63) is 18.2 Å². The number of nitrogens with one attached hydrogen (secondary N) is 1. The van der Waals surface area contributed by atoms with Crippen LogP contribution in [0.3, 0.4) is 0 Å². The summed E-state index contributed by atoms with van der Waals surface area (Å²) in [6.45, 7) is 0.638. The van der Waals surface area contributed by atoms with Crippen LogP contribution in [-0.4, -0.2) is 52.0 Å². The van der Waals surface area contributed by atoms with Gasteiger partial charge in [-0.1, -0.05) is 32.1 Å². The summed E-state index contributed by atoms with van der Waals surface area (Å²) in [5.74, 6) is 0.535. The lowest BCUT2D eigenvalue weighted by Gasteiger charge is -2.32. The Balaban J connectivity index is 1.67. The summed E-state index contributed by atoms with van der Waals surface area (Å²) in [6.07, 6.45) is 9.47. The number of sulfonamides is 1. The van der Waals surface area contributed by atoms with Crippen LogP contribution < -0.4 is 14.8 Å². The molecule has 2 fully saturated rings. The summed E-state index contributed by atoms with van der Waals surface area (Å²) in [6, 6.07) is 4.81. The molecule has 8 heteroatoms. The van der Waals surface area contributed by atoms with Gasteiger partial charge in [-0.2, -0.15) is 4.31 Å². The molecule has 1 amide bonds. The van der Waals surface area contributed by atoms with Gasteiger partial charge in [0, 0.05) is 25.2 Å². The summed E-state index contributed by atoms with van der Waals surface area (Å²) in [4.78, 5) is 13.0. The minimum atomic E-state index is -3.71. The first-order valence-electron chi connectivity index (χ1n) is 11.0. The highest BCUT2D eigenvalue weighted by atomic mass is 32.2. The zero-order chi connectivity index (χ0) is 21.6. The Kier molecular flexibility index (Phi) is 7.99. The van der Waals surface area contributed by atoms with Gasteiger partial charge in [-0.15, -0.1) is 0 Å². The lowest BCUT2D eigenvalue weighted by atomic mass is 9.94. The van der Waals surface area contributed by atoms with E-state index in [2.05, 4.69) is 5.32 Å². The average molecular weight is 439 g/mol. The molecule has 168 valence electrons. The van der Waals surface area contributed by atoms with Crippen molar-refractivity contribution in [2.24, 2.45) is 5.92 Å². The fourth-order valence-corrected chi connectivity index (χ4v) is 5.96. The summed E-state index contributed by atoms with van der Waals surface area (Å²) in [7, 11) is -0.725. The standard InChI is InChI=1S/C22H34N2O5S/c1-28-20-13-12-19(15-21(20)29-2)30(26,27)24-14-8-9-17(16-24)22(25)23-18-10-6-4-3-5-7-11-18/h12-13,15,17-18H,3-11,14,16H2,1-2H3,(H,23,25)/t17-/m0/s1. The molecule has 1 heterocycles. The van der Waals surface area contributed by atoms with E-state index in [-0.39, 0.29) is 29.3 Å². The van der Waals surface area contributed by atoms with Gasteiger partial charge in [0.2, 0.25) is 15.9 Å². The van der Waals surface area contributed by atoms with Crippen LogP contribution in [0, 0.1) is 5.92 Å². The minimum absolute atomic E-state index is 0.00668. The first-order chi connectivity index (χ1) is 14.5. The fourth-order valence-electron chi connectivity index (χ4n) is 4.42. The van der Waals surface area contributed by atoms with Gasteiger partial charge in [-0.3, -0.25) is 4.79 Å². The Morgan fingerprint density at radius 2 is 1.63 bits per heavy atom. The van der Waals surface area contributed by atoms with Crippen molar-refractivity contribution >= 4 is 15.9 Å². The summed E-state index contributed by atoms with van der Waals surface area (Å²) < 4.78 is 38.3. The highest BCUT2D eigenvalue weighted by Gasteiger charge is 2.34. The molecule has 1 saturated carbocycles. The van der Waals surface area contributed by atoms with Crippen LogP contribution in [0.2, 0.25) is 0 Å². The largest absolute Gasteiger partial charge is 0.493 e. The van der Waals surface area contributed by atoms with E-state index in [1.54, 1.807) is 6.07 Å². The van der Waals surface area contributed by atoms with Crippen LogP contribution in [0.15, 0.2) is 23.1 Å². The predicted molar refractivity (Wildman–Crippen MR) is 115 cm³/mol. The van der Waals surface area contributed by atoms with Gasteiger partial charge in [0.1, 0.15) is 0 Å². The smallest absolute Gasteiger partial charge is 0.243 e. The molecule has 0 bridgehead atoms. The third-order valence-corrected chi connectivity index (χ3v) is 8.06. The molecule has 1 N–H and O–H groups in total. The average Bonchev–Trinajstić information content (AvgIpc) is 2.75. The topological polar surface area (TPSA) is 84.9 Å². The number of hydrogen-bond acceptors (Lipinski definition) is 5. The fraction of sp³-hybridized carbons (Fsp3) is 0.682. The van der Waals surface area contributed by atoms with Crippen molar-refractivity contribution in [2.75, 3.05) is 27.3 Å². The first-order valence-corrected chi connectivity index (χ1v) is 12.4. The number of rotatable bonds is 6. The maximum atomic E-state index is 13.2. The van der Waals surface area contributed by atoms with Crippen molar-refractivity contribution in [2.45, 2.75) is 68.7 Å². The Bertz CT molecular complexity index is 819. The van der Waals surface area contributed by atoms with Gasteiger partial charge in [0.05, 0.1) is 25.0 Å². The van der Waals surface area contributed by atoms with E-state index >= 15 is 0 Å². The number of ether oxygens (including phenoxy) is 2. The van der Waals surface area contributed by atoms with Crippen LogP contribution in [0.4, 0.5) is 0 Å². The molecule has 7 nitrogen and oxygen atoms in total. The van der Waals surface area contributed by atoms with Gasteiger partial charge in [0.15, 0.2) is 11.5 Å². The molecule has 0 spiro atoms. The van der Waals surface area contributed by atoms with E-state index in [4.69, 9.17) is 9.47 Å². The van der Waals surface area contributed by atoms with Crippen molar-refractivity contribution in [1.82, 2.24) is 9.62 Å². The molecule has 1 aliphatic carbocycles. The van der Waals surface area contributed by atoms with E-state index in [0.29, 0.717) is 24.5 Å². The first kappa shape index (κ1) is 22.9. The van der Waals surface area contributed by atoms with Crippen molar-refractivity contribution in [1.29, 1.82) is 0 Å². The number of hydrogen-bond donors (Lipinski definition) is 1. The lowest BCUT2D eigenvalue weighted by Crippen LogP contribution is -2.47. The SMILES string of the molecule is COc1ccc(S(=O)(=O)N2CCC[C@H](C(=O)NC3CCCCCCC3)C2)cc1OC. The number of methoxy groups -OCH3 is 2. The van der Waals surface area contributed by atoms with E-state index in [1.165, 1.54) is 49.9 Å². The number of carbonyl (C=O) groups is 1. The van der Waals surface area contributed by atoms with Crippen LogP contribution in [0.25, 0.3) is 0 Å². The molecule has 3 rings (SSSR count). The highest BCUT2D eigenvalue weighted by molar-refractivity contribution is 7.89. The summed E-state index contributed by atoms with van der Waals surface area (Å²) >= 11 is 0. The number of piperidine rings is 1. The van der Waals surface area contributed by atoms with E-state index in [0.717, 1.165) is 32.1 Å². The quantitative estimate of drug-likeness (QED) is 0.736. The summed E-state index contributed by atoms with van der Waals surface area (Å²) in [5.41, 5.74) is 0. The molecule has 1 aromatic carbocycles. The summed E-state index contributed by atoms with van der Waals surface area (Å²) in [5, 5.41) is 3.20. The molecule has 1 aromatic rings. The molecule has 0 unspecified atom stereocenters. The second-order valence-corrected chi connectivity index (χ2v) is 10.2. The van der Waals surface area contributed by atoms with Crippen molar-refractivity contribution in [3.63, 3.8) is 0 Å². The number of benzene rings is 1. The zero-order valence-corrected chi connectivity index (χ0v) is 18.9. The van der Waals surface area contributed by atoms with Gasteiger partial charge < -0.3 is 14.8 Å². The molecule has 2 aliphatic rings. The Labute approximate surface area is 180 Å². The molecule has 30 heavy (non-hydrogen) atoms. The van der Waals surface area contributed by atoms with E-state index in [1.807, 2.05) is 0 Å². The predicted octanol–water partition coefficient (Wildman–Crippen LogP) is 3.33. The van der Waals surface area contributed by atoms with Crippen LogP contribution in [0.5, 0.6) is 11.5 Å². The van der Waals surface area contributed by atoms with Crippen LogP contribution in [-0.2, 0) is 14.8 Å². The van der Waals surface area contributed by atoms with Gasteiger partial charge in [0.25, 0.3) is 0 Å². The normalized spacial score (nSPS) is 22.0. The van der Waals surface area contributed by atoms with E-state index in [9.17, 15) is 13.2 Å². The second kappa shape index (κ2) is 10.5. The van der Waals surface area contributed by atoms with Crippen molar-refractivity contribution in [3.8, 4) is 11.5 Å². The van der Waals surface area contributed by atoms with Gasteiger partial charge in [-0.05, 0) is 37.8 Å². The third-order valence-electron chi connectivity index (χ3n) is 6.20. The van der Waals surface area contributed by atoms with Gasteiger partial charge in [-0.25, -0.2) is 8.42 Å². The molecular weight excluding hydrogens is 404 g/mol. The highest BCUT2D eigenvalue weighted by Crippen LogP contribution is 2.32. The number of nitrogens with zero attached hydrogens (tertiary/aromatic N) is 1.